The van der Waals surface area contributed by atoms with Gasteiger partial charge in [0.15, 0.2) is 0 Å². The molecule has 9 rings (SSSR count). The van der Waals surface area contributed by atoms with Crippen LogP contribution in [0.2, 0.25) is 0 Å². The van der Waals surface area contributed by atoms with Gasteiger partial charge in [0.1, 0.15) is 0 Å². The number of aliphatic hydroxyl groups is 2. The fourth-order valence-corrected chi connectivity index (χ4v) is 19.2. The third-order valence-corrected chi connectivity index (χ3v) is 23.3. The molecule has 8 aliphatic carbocycles. The van der Waals surface area contributed by atoms with Crippen molar-refractivity contribution in [1.29, 1.82) is 0 Å². The Kier molecular flexibility index (Phi) is 13.7. The maximum absolute atomic E-state index is 12.6. The standard InChI is InChI=1S/C52H82N4O10S2/c1-29(7-13-45(59)53-19-21-67(61,62)63)33-9-11-35-47-37(15-17-49(33,35)3)51(5)27-41-39(23-31(51)25-43(47)57)56-42-28-52(6)32(24-40(42)55-41)26-44(58)48-36-12-10-34(50(36,4)18-16-38(48)52)30(2)8-14-46(60)54-20-22-68(64,65)66/h29-38,43-44,47-48,57-58H,7-28H2,1-6H3,(H,53,59)(H,54,60)(H,61,62,63)(H,64,65,66)/t29-,30-,31?,32?,33+,34?,35-,36+,37-,38+,43-,44+,47-,48+,49+,50-,51-,52+/m0/s1. The van der Waals surface area contributed by atoms with Gasteiger partial charge >= 0.3 is 0 Å². The number of aliphatic hydroxyl groups excluding tert-OH is 2. The Hall–Kier alpha value is -2.24. The van der Waals surface area contributed by atoms with Crippen LogP contribution >= 0.6 is 0 Å². The molecule has 18 atom stereocenters. The van der Waals surface area contributed by atoms with Gasteiger partial charge in [0, 0.05) is 25.9 Å². The molecule has 0 spiro atoms. The van der Waals surface area contributed by atoms with Gasteiger partial charge in [0.2, 0.25) is 11.8 Å². The Morgan fingerprint density at radius 3 is 1.32 bits per heavy atom. The number of carbonyl (C=O) groups excluding carboxylic acids is 2. The van der Waals surface area contributed by atoms with Gasteiger partial charge in [-0.15, -0.1) is 0 Å². The lowest BCUT2D eigenvalue weighted by atomic mass is 9.43. The normalized spacial score (nSPS) is 42.4. The Balaban J connectivity index is 0.856. The molecule has 3 unspecified atom stereocenters. The highest BCUT2D eigenvalue weighted by Crippen LogP contribution is 2.70. The molecule has 382 valence electrons. The predicted molar refractivity (Wildman–Crippen MR) is 258 cm³/mol. The minimum atomic E-state index is -4.12. The zero-order valence-corrected chi connectivity index (χ0v) is 43.2. The zero-order valence-electron chi connectivity index (χ0n) is 41.6. The minimum Gasteiger partial charge on any atom is -0.393 e. The first-order chi connectivity index (χ1) is 31.8. The first kappa shape index (κ1) is 50.7. The van der Waals surface area contributed by atoms with E-state index in [1.807, 2.05) is 0 Å². The molecule has 1 aromatic rings. The number of fused-ring (bicyclic) bond motifs is 12. The second kappa shape index (κ2) is 18.4. The van der Waals surface area contributed by atoms with E-state index in [4.69, 9.17) is 19.1 Å². The van der Waals surface area contributed by atoms with E-state index in [-0.39, 0.29) is 70.6 Å². The van der Waals surface area contributed by atoms with Crippen LogP contribution in [0.3, 0.4) is 0 Å². The Bertz CT molecular complexity index is 2170. The van der Waals surface area contributed by atoms with Crippen LogP contribution in [0.5, 0.6) is 0 Å². The molecule has 1 heterocycles. The van der Waals surface area contributed by atoms with Gasteiger partial charge < -0.3 is 20.8 Å². The van der Waals surface area contributed by atoms with E-state index in [9.17, 15) is 36.6 Å². The number of hydrogen-bond acceptors (Lipinski definition) is 10. The van der Waals surface area contributed by atoms with Crippen molar-refractivity contribution in [2.24, 2.45) is 92.7 Å². The summed E-state index contributed by atoms with van der Waals surface area (Å²) in [4.78, 5) is 36.3. The van der Waals surface area contributed by atoms with Crippen LogP contribution < -0.4 is 10.6 Å². The third-order valence-electron chi connectivity index (χ3n) is 21.9. The van der Waals surface area contributed by atoms with Crippen LogP contribution in [0.15, 0.2) is 0 Å². The topological polar surface area (TPSA) is 233 Å². The van der Waals surface area contributed by atoms with E-state index < -0.39 is 31.7 Å². The first-order valence-corrected chi connectivity index (χ1v) is 29.7. The molecule has 16 heteroatoms. The molecule has 0 saturated heterocycles. The van der Waals surface area contributed by atoms with Crippen molar-refractivity contribution in [3.05, 3.63) is 22.8 Å². The molecular weight excluding hydrogens is 905 g/mol. The van der Waals surface area contributed by atoms with E-state index in [0.717, 1.165) is 126 Å². The minimum absolute atomic E-state index is 0.0198. The van der Waals surface area contributed by atoms with Crippen molar-refractivity contribution in [1.82, 2.24) is 20.6 Å². The van der Waals surface area contributed by atoms with Gasteiger partial charge in [-0.25, -0.2) is 0 Å². The summed E-state index contributed by atoms with van der Waals surface area (Å²) in [6.45, 7) is 14.2. The van der Waals surface area contributed by atoms with Crippen LogP contribution in [0.25, 0.3) is 0 Å². The van der Waals surface area contributed by atoms with Gasteiger partial charge in [-0.2, -0.15) is 16.8 Å². The van der Waals surface area contributed by atoms with Crippen molar-refractivity contribution >= 4 is 32.1 Å². The Labute approximate surface area is 406 Å². The molecule has 6 saturated carbocycles. The number of nitrogens with one attached hydrogen (secondary N) is 2. The largest absolute Gasteiger partial charge is 0.393 e. The number of aromatic nitrogens is 2. The highest BCUT2D eigenvalue weighted by Gasteiger charge is 2.65. The molecule has 0 aromatic carbocycles. The summed E-state index contributed by atoms with van der Waals surface area (Å²) < 4.78 is 62.5. The number of carbonyl (C=O) groups is 2. The van der Waals surface area contributed by atoms with E-state index in [2.05, 4.69) is 52.2 Å². The second-order valence-electron chi connectivity index (χ2n) is 25.1. The SMILES string of the molecule is C[C@@H](CCC(=O)NCCS(=O)(=O)O)C1CC[C@@H]2[C@H]3[C@H](O)CC4Cc5nc6c(nc5C[C@@]4(C)[C@@H]3CC[C@@]12C)CC1C[C@H](O)[C@H]2[C@@H]3CC[C@H]([C@@H](C)CCC(=O)NCCS(=O)(=O)O)[C@@]3(C)CC[C@@H]2[C@@]1(C)C6. The number of hydrogen-bond donors (Lipinski definition) is 6. The summed E-state index contributed by atoms with van der Waals surface area (Å²) >= 11 is 0. The monoisotopic (exact) mass is 987 g/mol. The summed E-state index contributed by atoms with van der Waals surface area (Å²) in [6.07, 6.45) is 15.2. The summed E-state index contributed by atoms with van der Waals surface area (Å²) in [5.74, 6) is 2.98. The predicted octanol–water partition coefficient (Wildman–Crippen LogP) is 6.41. The fraction of sp³-hybridized carbons (Fsp3) is 0.885. The van der Waals surface area contributed by atoms with Crippen LogP contribution in [-0.4, -0.2) is 94.7 Å². The lowest BCUT2D eigenvalue weighted by Gasteiger charge is -2.62. The van der Waals surface area contributed by atoms with Gasteiger partial charge in [-0.1, -0.05) is 41.5 Å². The summed E-state index contributed by atoms with van der Waals surface area (Å²) in [5.41, 5.74) is 4.80. The van der Waals surface area contributed by atoms with Crippen molar-refractivity contribution in [3.8, 4) is 0 Å². The van der Waals surface area contributed by atoms with Crippen LogP contribution in [-0.2, 0) is 55.5 Å². The number of amides is 2. The molecule has 0 bridgehead atoms. The van der Waals surface area contributed by atoms with Crippen LogP contribution in [0.1, 0.15) is 154 Å². The Morgan fingerprint density at radius 2 is 0.956 bits per heavy atom. The van der Waals surface area contributed by atoms with E-state index >= 15 is 0 Å². The van der Waals surface area contributed by atoms with Gasteiger partial charge in [0.25, 0.3) is 20.2 Å². The van der Waals surface area contributed by atoms with Crippen LogP contribution in [0, 0.1) is 92.7 Å². The maximum atomic E-state index is 12.6. The molecule has 0 radical (unpaired) electrons. The lowest BCUT2D eigenvalue weighted by Crippen LogP contribution is -2.60. The zero-order chi connectivity index (χ0) is 48.9. The number of rotatable bonds is 14. The smallest absolute Gasteiger partial charge is 0.266 e. The summed E-state index contributed by atoms with van der Waals surface area (Å²) in [6, 6.07) is 0. The molecule has 0 aliphatic heterocycles. The van der Waals surface area contributed by atoms with E-state index in [0.29, 0.717) is 72.0 Å². The fourth-order valence-electron chi connectivity index (χ4n) is 18.5. The Morgan fingerprint density at radius 1 is 0.588 bits per heavy atom. The molecule has 68 heavy (non-hydrogen) atoms. The molecule has 8 aliphatic rings. The van der Waals surface area contributed by atoms with Crippen molar-refractivity contribution in [2.75, 3.05) is 24.6 Å². The van der Waals surface area contributed by atoms with Gasteiger partial charge in [-0.05, 0) is 195 Å². The molecule has 14 nitrogen and oxygen atoms in total. The van der Waals surface area contributed by atoms with Crippen molar-refractivity contribution in [2.45, 2.75) is 169 Å². The highest BCUT2D eigenvalue weighted by molar-refractivity contribution is 7.86. The summed E-state index contributed by atoms with van der Waals surface area (Å²) in [7, 11) is -8.24. The second-order valence-corrected chi connectivity index (χ2v) is 28.3. The van der Waals surface area contributed by atoms with E-state index in [1.165, 1.54) is 0 Å². The lowest BCUT2D eigenvalue weighted by molar-refractivity contribution is -0.158. The molecule has 2 amide bonds. The maximum Gasteiger partial charge on any atom is 0.266 e. The third kappa shape index (κ3) is 9.14. The van der Waals surface area contributed by atoms with Crippen molar-refractivity contribution in [3.63, 3.8) is 0 Å². The molecule has 1 aromatic heterocycles. The van der Waals surface area contributed by atoms with Crippen molar-refractivity contribution < 1.29 is 45.7 Å². The summed E-state index contributed by atoms with van der Waals surface area (Å²) in [5, 5.41) is 29.7. The van der Waals surface area contributed by atoms with Crippen LogP contribution in [0.4, 0.5) is 0 Å². The highest BCUT2D eigenvalue weighted by atomic mass is 32.2. The molecule has 6 N–H and O–H groups in total. The first-order valence-electron chi connectivity index (χ1n) is 26.5. The van der Waals surface area contributed by atoms with Gasteiger partial charge in [-0.3, -0.25) is 28.7 Å². The average Bonchev–Trinajstić information content (AvgIpc) is 3.79. The number of nitrogens with zero attached hydrogens (tertiary/aromatic N) is 2. The molecule has 6 fully saturated rings. The average molecular weight is 987 g/mol. The van der Waals surface area contributed by atoms with Gasteiger partial charge in [0.05, 0.1) is 46.5 Å². The quantitative estimate of drug-likeness (QED) is 0.111. The molecular formula is C52H82N4O10S2. The van der Waals surface area contributed by atoms with E-state index in [1.54, 1.807) is 0 Å².